The van der Waals surface area contributed by atoms with Crippen LogP contribution in [0.1, 0.15) is 13.8 Å². The predicted octanol–water partition coefficient (Wildman–Crippen LogP) is 1.53. The van der Waals surface area contributed by atoms with E-state index in [2.05, 4.69) is 9.97 Å². The van der Waals surface area contributed by atoms with E-state index in [1.54, 1.807) is 6.20 Å². The van der Waals surface area contributed by atoms with Crippen LogP contribution in [0.3, 0.4) is 0 Å². The Morgan fingerprint density at radius 2 is 2.38 bits per heavy atom. The van der Waals surface area contributed by atoms with Gasteiger partial charge in [-0.15, -0.1) is 0 Å². The molecule has 16 heavy (non-hydrogen) atoms. The Bertz CT molecular complexity index is 368. The maximum Gasteiger partial charge on any atom is 0.150 e. The van der Waals surface area contributed by atoms with Gasteiger partial charge in [-0.1, -0.05) is 18.5 Å². The molecule has 6 heteroatoms. The maximum atomic E-state index is 7.37. The third-order valence-electron chi connectivity index (χ3n) is 2.35. The minimum Gasteiger partial charge on any atom is -0.387 e. The van der Waals surface area contributed by atoms with Crippen molar-refractivity contribution in [3.8, 4) is 0 Å². The quantitative estimate of drug-likeness (QED) is 0.605. The molecule has 0 amide bonds. The first-order valence-corrected chi connectivity index (χ1v) is 5.48. The van der Waals surface area contributed by atoms with Crippen LogP contribution in [0.25, 0.3) is 0 Å². The third-order valence-corrected chi connectivity index (χ3v) is 2.62. The number of nitrogens with zero attached hydrogens (tertiary/aromatic N) is 3. The lowest BCUT2D eigenvalue weighted by molar-refractivity contribution is 0.689. The van der Waals surface area contributed by atoms with E-state index >= 15 is 0 Å². The molecule has 1 heterocycles. The molecule has 1 unspecified atom stereocenters. The number of anilines is 1. The van der Waals surface area contributed by atoms with Crippen molar-refractivity contribution < 1.29 is 0 Å². The van der Waals surface area contributed by atoms with Crippen LogP contribution in [-0.4, -0.2) is 28.9 Å². The molecule has 0 aliphatic carbocycles. The summed E-state index contributed by atoms with van der Waals surface area (Å²) >= 11 is 6.01. The number of nitrogens with two attached hydrogens (primary N) is 1. The maximum absolute atomic E-state index is 7.37. The smallest absolute Gasteiger partial charge is 0.150 e. The minimum atomic E-state index is -0.0222. The summed E-state index contributed by atoms with van der Waals surface area (Å²) in [6, 6.07) is 0. The summed E-state index contributed by atoms with van der Waals surface area (Å²) in [5, 5.41) is 7.88. The molecule has 3 N–H and O–H groups in total. The van der Waals surface area contributed by atoms with Crippen LogP contribution in [0.2, 0.25) is 5.02 Å². The van der Waals surface area contributed by atoms with Crippen LogP contribution < -0.4 is 10.6 Å². The Morgan fingerprint density at radius 1 is 1.69 bits per heavy atom. The molecule has 1 atom stereocenters. The number of amidine groups is 1. The van der Waals surface area contributed by atoms with Gasteiger partial charge in [-0.05, 0) is 6.92 Å². The van der Waals surface area contributed by atoms with Gasteiger partial charge in [0.2, 0.25) is 0 Å². The molecule has 0 aliphatic rings. The average Bonchev–Trinajstić information content (AvgIpc) is 2.26. The van der Waals surface area contributed by atoms with E-state index in [4.69, 9.17) is 22.7 Å². The highest BCUT2D eigenvalue weighted by molar-refractivity contribution is 6.32. The van der Waals surface area contributed by atoms with Gasteiger partial charge in [-0.2, -0.15) is 0 Å². The first kappa shape index (κ1) is 12.7. The highest BCUT2D eigenvalue weighted by Gasteiger charge is 2.15. The fraction of sp³-hybridized carbons (Fsp3) is 0.500. The summed E-state index contributed by atoms with van der Waals surface area (Å²) < 4.78 is 0. The van der Waals surface area contributed by atoms with Gasteiger partial charge >= 0.3 is 0 Å². The molecule has 88 valence electrons. The highest BCUT2D eigenvalue weighted by Crippen LogP contribution is 2.21. The van der Waals surface area contributed by atoms with Crippen molar-refractivity contribution in [2.45, 2.75) is 13.8 Å². The van der Waals surface area contributed by atoms with Crippen molar-refractivity contribution in [2.75, 3.05) is 18.0 Å². The number of nitrogens with one attached hydrogen (secondary N) is 1. The molecule has 1 rings (SSSR count). The highest BCUT2D eigenvalue weighted by atomic mass is 35.5. The van der Waals surface area contributed by atoms with Crippen molar-refractivity contribution in [3.05, 3.63) is 17.5 Å². The Morgan fingerprint density at radius 3 is 2.88 bits per heavy atom. The summed E-state index contributed by atoms with van der Waals surface area (Å²) in [7, 11) is 0. The second-order valence-corrected chi connectivity index (χ2v) is 4.00. The fourth-order valence-electron chi connectivity index (χ4n) is 1.33. The Hall–Kier alpha value is -1.36. The van der Waals surface area contributed by atoms with E-state index in [1.165, 1.54) is 6.33 Å². The number of aromatic nitrogens is 2. The van der Waals surface area contributed by atoms with Gasteiger partial charge in [-0.3, -0.25) is 5.41 Å². The van der Waals surface area contributed by atoms with Crippen molar-refractivity contribution in [2.24, 2.45) is 11.7 Å². The van der Waals surface area contributed by atoms with Crippen LogP contribution in [-0.2, 0) is 0 Å². The van der Waals surface area contributed by atoms with E-state index in [0.717, 1.165) is 6.54 Å². The molecule has 0 aliphatic heterocycles. The Kier molecular flexibility index (Phi) is 4.49. The third kappa shape index (κ3) is 3.06. The van der Waals surface area contributed by atoms with Gasteiger partial charge in [0.15, 0.2) is 5.82 Å². The molecule has 0 saturated carbocycles. The van der Waals surface area contributed by atoms with Gasteiger partial charge in [-0.25, -0.2) is 9.97 Å². The molecule has 1 aromatic rings. The largest absolute Gasteiger partial charge is 0.387 e. The van der Waals surface area contributed by atoms with Gasteiger partial charge in [0, 0.05) is 19.0 Å². The topological polar surface area (TPSA) is 78.9 Å². The van der Waals surface area contributed by atoms with Crippen LogP contribution in [0.4, 0.5) is 5.82 Å². The summed E-state index contributed by atoms with van der Waals surface area (Å²) in [6.45, 7) is 5.29. The lowest BCUT2D eigenvalue weighted by Crippen LogP contribution is -2.35. The lowest BCUT2D eigenvalue weighted by Gasteiger charge is -2.25. The van der Waals surface area contributed by atoms with E-state index in [9.17, 15) is 0 Å². The standard InChI is InChI=1S/C10H16ClN5/c1-3-16(5-7(2)9(12)13)10-8(11)4-14-6-15-10/h4,6-7H,3,5H2,1-2H3,(H3,12,13). The monoisotopic (exact) mass is 241 g/mol. The van der Waals surface area contributed by atoms with Crippen LogP contribution in [0.15, 0.2) is 12.5 Å². The lowest BCUT2D eigenvalue weighted by atomic mass is 10.1. The number of rotatable bonds is 5. The Balaban J connectivity index is 2.83. The van der Waals surface area contributed by atoms with Crippen molar-refractivity contribution >= 4 is 23.3 Å². The van der Waals surface area contributed by atoms with Crippen LogP contribution in [0.5, 0.6) is 0 Å². The molecule has 0 radical (unpaired) electrons. The second-order valence-electron chi connectivity index (χ2n) is 3.59. The molecule has 0 bridgehead atoms. The SMILES string of the molecule is CCN(CC(C)C(=N)N)c1ncncc1Cl. The van der Waals surface area contributed by atoms with Crippen molar-refractivity contribution in [1.82, 2.24) is 9.97 Å². The van der Waals surface area contributed by atoms with Crippen LogP contribution in [0, 0.1) is 11.3 Å². The number of halogens is 1. The van der Waals surface area contributed by atoms with Crippen molar-refractivity contribution in [3.63, 3.8) is 0 Å². The zero-order valence-electron chi connectivity index (χ0n) is 9.44. The molecule has 0 fully saturated rings. The molecule has 0 aromatic carbocycles. The summed E-state index contributed by atoms with van der Waals surface area (Å²) in [5.41, 5.74) is 5.45. The molecular formula is C10H16ClN5. The zero-order valence-corrected chi connectivity index (χ0v) is 10.2. The first-order chi connectivity index (χ1) is 7.56. The molecular weight excluding hydrogens is 226 g/mol. The van der Waals surface area contributed by atoms with Crippen molar-refractivity contribution in [1.29, 1.82) is 5.41 Å². The van der Waals surface area contributed by atoms with E-state index < -0.39 is 0 Å². The summed E-state index contributed by atoms with van der Waals surface area (Å²) in [6.07, 6.45) is 3.02. The number of hydrogen-bond acceptors (Lipinski definition) is 4. The van der Waals surface area contributed by atoms with Gasteiger partial charge in [0.1, 0.15) is 11.3 Å². The normalized spacial score (nSPS) is 12.2. The molecule has 0 saturated heterocycles. The molecule has 1 aromatic heterocycles. The number of hydrogen-bond donors (Lipinski definition) is 2. The second kappa shape index (κ2) is 5.65. The van der Waals surface area contributed by atoms with E-state index in [0.29, 0.717) is 17.4 Å². The van der Waals surface area contributed by atoms with E-state index in [-0.39, 0.29) is 11.8 Å². The predicted molar refractivity (Wildman–Crippen MR) is 66.0 cm³/mol. The van der Waals surface area contributed by atoms with E-state index in [1.807, 2.05) is 18.7 Å². The minimum absolute atomic E-state index is 0.0222. The zero-order chi connectivity index (χ0) is 12.1. The molecule has 0 spiro atoms. The average molecular weight is 242 g/mol. The first-order valence-electron chi connectivity index (χ1n) is 5.10. The van der Waals surface area contributed by atoms with Crippen LogP contribution >= 0.6 is 11.6 Å². The molecule has 5 nitrogen and oxygen atoms in total. The van der Waals surface area contributed by atoms with Gasteiger partial charge in [0.05, 0.1) is 12.0 Å². The summed E-state index contributed by atoms with van der Waals surface area (Å²) in [5.74, 6) is 0.835. The fourth-order valence-corrected chi connectivity index (χ4v) is 1.56. The summed E-state index contributed by atoms with van der Waals surface area (Å²) in [4.78, 5) is 9.95. The van der Waals surface area contributed by atoms with Gasteiger partial charge < -0.3 is 10.6 Å². The Labute approximate surface area is 100 Å². The van der Waals surface area contributed by atoms with Gasteiger partial charge in [0.25, 0.3) is 0 Å².